The van der Waals surface area contributed by atoms with Crippen LogP contribution in [0.25, 0.3) is 0 Å². The Balaban J connectivity index is 1.65. The van der Waals surface area contributed by atoms with Crippen molar-refractivity contribution in [3.63, 3.8) is 0 Å². The average Bonchev–Trinajstić information content (AvgIpc) is 3.00. The summed E-state index contributed by atoms with van der Waals surface area (Å²) in [7, 11) is 1.30. The van der Waals surface area contributed by atoms with Gasteiger partial charge >= 0.3 is 5.97 Å². The molecule has 0 radical (unpaired) electrons. The summed E-state index contributed by atoms with van der Waals surface area (Å²) >= 11 is 0. The minimum atomic E-state index is -0.465. The van der Waals surface area contributed by atoms with Crippen molar-refractivity contribution in [2.45, 2.75) is 18.9 Å². The minimum absolute atomic E-state index is 0.162. The molecule has 2 aliphatic rings. The molecule has 142 valence electrons. The summed E-state index contributed by atoms with van der Waals surface area (Å²) in [4.78, 5) is 42.3. The normalized spacial score (nSPS) is 21.3. The van der Waals surface area contributed by atoms with E-state index in [4.69, 9.17) is 5.26 Å². The molecule has 0 saturated carbocycles. The number of esters is 1. The molecule has 1 aromatic carbocycles. The van der Waals surface area contributed by atoms with Crippen LogP contribution in [0.2, 0.25) is 0 Å². The van der Waals surface area contributed by atoms with E-state index in [9.17, 15) is 14.4 Å². The first-order chi connectivity index (χ1) is 13.0. The van der Waals surface area contributed by atoms with Gasteiger partial charge in [-0.05, 0) is 24.3 Å². The van der Waals surface area contributed by atoms with Gasteiger partial charge in [-0.15, -0.1) is 0 Å². The Morgan fingerprint density at radius 1 is 1.19 bits per heavy atom. The van der Waals surface area contributed by atoms with E-state index in [2.05, 4.69) is 15.7 Å². The predicted molar refractivity (Wildman–Crippen MR) is 96.9 cm³/mol. The zero-order valence-electron chi connectivity index (χ0n) is 15.3. The van der Waals surface area contributed by atoms with Crippen LogP contribution in [0.3, 0.4) is 0 Å². The summed E-state index contributed by atoms with van der Waals surface area (Å²) in [6.45, 7) is 3.70. The maximum Gasteiger partial charge on any atom is 0.337 e. The first-order valence-corrected chi connectivity index (χ1v) is 8.93. The van der Waals surface area contributed by atoms with Gasteiger partial charge < -0.3 is 4.74 Å². The number of carbonyl (C=O) groups excluding carboxylic acids is 3. The molecule has 0 aromatic heterocycles. The lowest BCUT2D eigenvalue weighted by Gasteiger charge is -2.36. The van der Waals surface area contributed by atoms with E-state index in [1.807, 2.05) is 4.90 Å². The van der Waals surface area contributed by atoms with Crippen LogP contribution < -0.4 is 4.90 Å². The first kappa shape index (κ1) is 19.0. The molecule has 2 saturated heterocycles. The van der Waals surface area contributed by atoms with E-state index < -0.39 is 12.0 Å². The average molecular weight is 370 g/mol. The highest BCUT2D eigenvalue weighted by Gasteiger charge is 2.43. The number of carbonyl (C=O) groups is 3. The number of anilines is 1. The van der Waals surface area contributed by atoms with Gasteiger partial charge in [-0.1, -0.05) is 0 Å². The number of amides is 2. The minimum Gasteiger partial charge on any atom is -0.465 e. The van der Waals surface area contributed by atoms with Gasteiger partial charge in [0.15, 0.2) is 0 Å². The molecule has 1 atom stereocenters. The molecule has 2 amide bonds. The summed E-state index contributed by atoms with van der Waals surface area (Å²) < 4.78 is 4.66. The zero-order valence-corrected chi connectivity index (χ0v) is 15.3. The third-order valence-corrected chi connectivity index (χ3v) is 5.06. The van der Waals surface area contributed by atoms with E-state index in [1.165, 1.54) is 12.0 Å². The maximum atomic E-state index is 12.9. The number of hydrogen-bond acceptors (Lipinski definition) is 7. The molecule has 8 heteroatoms. The van der Waals surface area contributed by atoms with Crippen molar-refractivity contribution in [1.29, 1.82) is 5.26 Å². The van der Waals surface area contributed by atoms with Gasteiger partial charge in [0.05, 0.1) is 36.9 Å². The van der Waals surface area contributed by atoms with E-state index in [1.54, 1.807) is 24.3 Å². The second-order valence-corrected chi connectivity index (χ2v) is 6.61. The molecule has 0 spiro atoms. The Morgan fingerprint density at radius 2 is 1.85 bits per heavy atom. The van der Waals surface area contributed by atoms with Gasteiger partial charge in [-0.2, -0.15) is 5.26 Å². The monoisotopic (exact) mass is 370 g/mol. The summed E-state index contributed by atoms with van der Waals surface area (Å²) in [6.07, 6.45) is 0.659. The van der Waals surface area contributed by atoms with E-state index >= 15 is 0 Å². The van der Waals surface area contributed by atoms with E-state index in [0.717, 1.165) is 19.6 Å². The summed E-state index contributed by atoms with van der Waals surface area (Å²) in [5.74, 6) is -0.924. The highest BCUT2D eigenvalue weighted by atomic mass is 16.5. The third kappa shape index (κ3) is 3.99. The summed E-state index contributed by atoms with van der Waals surface area (Å²) in [5.41, 5.74) is 0.832. The molecule has 2 aliphatic heterocycles. The standard InChI is InChI=1S/C19H22N4O4/c1-27-19(26)14-3-5-15(6-4-14)23-17(24)13-16(18(23)25)22-11-9-21(10-12-22)8-2-7-20/h3-6,16H,2,8-13H2,1H3/t16-/m1/s1. The first-order valence-electron chi connectivity index (χ1n) is 8.93. The van der Waals surface area contributed by atoms with Gasteiger partial charge in [0.25, 0.3) is 5.91 Å². The van der Waals surface area contributed by atoms with Crippen molar-refractivity contribution in [2.24, 2.45) is 0 Å². The van der Waals surface area contributed by atoms with Crippen LogP contribution in [-0.4, -0.2) is 73.5 Å². The van der Waals surface area contributed by atoms with Crippen molar-refractivity contribution in [3.8, 4) is 6.07 Å². The van der Waals surface area contributed by atoms with E-state index in [0.29, 0.717) is 30.8 Å². The van der Waals surface area contributed by atoms with Crippen molar-refractivity contribution in [3.05, 3.63) is 29.8 Å². The number of benzene rings is 1. The lowest BCUT2D eigenvalue weighted by atomic mass is 10.1. The lowest BCUT2D eigenvalue weighted by Crippen LogP contribution is -2.52. The number of methoxy groups -OCH3 is 1. The SMILES string of the molecule is COC(=O)c1ccc(N2C(=O)C[C@@H](N3CCN(CCC#N)CC3)C2=O)cc1. The second-order valence-electron chi connectivity index (χ2n) is 6.61. The van der Waals surface area contributed by atoms with Gasteiger partial charge in [0.1, 0.15) is 0 Å². The molecular weight excluding hydrogens is 348 g/mol. The fraction of sp³-hybridized carbons (Fsp3) is 0.474. The molecule has 8 nitrogen and oxygen atoms in total. The highest BCUT2D eigenvalue weighted by Crippen LogP contribution is 2.26. The molecule has 3 rings (SSSR count). The van der Waals surface area contributed by atoms with Crippen molar-refractivity contribution >= 4 is 23.5 Å². The quantitative estimate of drug-likeness (QED) is 0.554. The molecule has 2 fully saturated rings. The van der Waals surface area contributed by atoms with E-state index in [-0.39, 0.29) is 18.2 Å². The molecule has 0 aliphatic carbocycles. The predicted octanol–water partition coefficient (Wildman–Crippen LogP) is 0.636. The Labute approximate surface area is 157 Å². The van der Waals surface area contributed by atoms with Gasteiger partial charge in [-0.3, -0.25) is 19.4 Å². The molecule has 0 bridgehead atoms. The summed E-state index contributed by atoms with van der Waals surface area (Å²) in [5, 5.41) is 8.68. The molecular formula is C19H22N4O4. The maximum absolute atomic E-state index is 12.9. The fourth-order valence-corrected chi connectivity index (χ4v) is 3.54. The number of rotatable bonds is 5. The number of nitrogens with zero attached hydrogens (tertiary/aromatic N) is 4. The van der Waals surface area contributed by atoms with Gasteiger partial charge in [-0.25, -0.2) is 9.69 Å². The Kier molecular flexibility index (Phi) is 5.84. The zero-order chi connectivity index (χ0) is 19.4. The molecule has 0 unspecified atom stereocenters. The van der Waals surface area contributed by atoms with Crippen LogP contribution in [0.15, 0.2) is 24.3 Å². The molecule has 2 heterocycles. The van der Waals surface area contributed by atoms with Gasteiger partial charge in [0.2, 0.25) is 5.91 Å². The smallest absolute Gasteiger partial charge is 0.337 e. The topological polar surface area (TPSA) is 93.9 Å². The summed E-state index contributed by atoms with van der Waals surface area (Å²) in [6, 6.07) is 7.96. The number of imide groups is 1. The highest BCUT2D eigenvalue weighted by molar-refractivity contribution is 6.22. The number of ether oxygens (including phenoxy) is 1. The van der Waals surface area contributed by atoms with Crippen LogP contribution in [0.1, 0.15) is 23.2 Å². The second kappa shape index (κ2) is 8.29. The third-order valence-electron chi connectivity index (χ3n) is 5.06. The Morgan fingerprint density at radius 3 is 2.44 bits per heavy atom. The van der Waals surface area contributed by atoms with Crippen LogP contribution in [0, 0.1) is 11.3 Å². The number of nitriles is 1. The van der Waals surface area contributed by atoms with Crippen molar-refractivity contribution in [1.82, 2.24) is 9.80 Å². The van der Waals surface area contributed by atoms with Crippen molar-refractivity contribution in [2.75, 3.05) is 44.7 Å². The van der Waals surface area contributed by atoms with Crippen LogP contribution in [0.5, 0.6) is 0 Å². The van der Waals surface area contributed by atoms with Crippen LogP contribution in [-0.2, 0) is 14.3 Å². The Bertz CT molecular complexity index is 763. The largest absolute Gasteiger partial charge is 0.465 e. The van der Waals surface area contributed by atoms with Gasteiger partial charge in [0, 0.05) is 39.1 Å². The lowest BCUT2D eigenvalue weighted by molar-refractivity contribution is -0.123. The molecule has 1 aromatic rings. The van der Waals surface area contributed by atoms with Crippen molar-refractivity contribution < 1.29 is 19.1 Å². The van der Waals surface area contributed by atoms with Crippen LogP contribution >= 0.6 is 0 Å². The number of piperazine rings is 1. The Hall–Kier alpha value is -2.76. The molecule has 0 N–H and O–H groups in total. The molecule has 27 heavy (non-hydrogen) atoms. The van der Waals surface area contributed by atoms with Crippen LogP contribution in [0.4, 0.5) is 5.69 Å². The number of hydrogen-bond donors (Lipinski definition) is 0. The fourth-order valence-electron chi connectivity index (χ4n) is 3.54.